The number of benzene rings is 2. The Kier molecular flexibility index (Phi) is 6.90. The molecule has 2 nitrogen and oxygen atoms in total. The molecule has 0 amide bonds. The molecular weight excluding hydrogens is 371 g/mol. The van der Waals surface area contributed by atoms with Crippen molar-refractivity contribution in [3.63, 3.8) is 0 Å². The van der Waals surface area contributed by atoms with Crippen LogP contribution in [-0.2, 0) is 0 Å². The zero-order valence-electron chi connectivity index (χ0n) is 18.5. The van der Waals surface area contributed by atoms with E-state index in [-0.39, 0.29) is 5.82 Å². The van der Waals surface area contributed by atoms with Gasteiger partial charge >= 0.3 is 0 Å². The summed E-state index contributed by atoms with van der Waals surface area (Å²) in [7, 11) is 0. The molecule has 4 rings (SSSR count). The average molecular weight is 409 g/mol. The SMILES string of the molecule is CC1CCC(c2ccc(-c3ccc(C4CCC(C)C(CNN)C4)cc3F)cc2)CC1. The molecular formula is C27H37FN2. The second-order valence-corrected chi connectivity index (χ2v) is 9.97. The molecule has 0 radical (unpaired) electrons. The molecule has 0 aromatic heterocycles. The number of hydrazine groups is 1. The number of nitrogens with two attached hydrogens (primary N) is 1. The molecule has 2 aliphatic rings. The van der Waals surface area contributed by atoms with Crippen LogP contribution in [0.3, 0.4) is 0 Å². The predicted octanol–water partition coefficient (Wildman–Crippen LogP) is 6.77. The van der Waals surface area contributed by atoms with Crippen molar-refractivity contribution in [1.82, 2.24) is 5.43 Å². The molecule has 0 spiro atoms. The lowest BCUT2D eigenvalue weighted by Crippen LogP contribution is -2.35. The van der Waals surface area contributed by atoms with E-state index in [1.165, 1.54) is 37.7 Å². The van der Waals surface area contributed by atoms with Crippen molar-refractivity contribution in [1.29, 1.82) is 0 Å². The first kappa shape index (κ1) is 21.5. The van der Waals surface area contributed by atoms with Crippen molar-refractivity contribution < 1.29 is 4.39 Å². The summed E-state index contributed by atoms with van der Waals surface area (Å²) in [4.78, 5) is 0. The van der Waals surface area contributed by atoms with Crippen LogP contribution in [0, 0.1) is 23.6 Å². The summed E-state index contributed by atoms with van der Waals surface area (Å²) in [5, 5.41) is 0. The molecule has 2 saturated carbocycles. The molecule has 0 saturated heterocycles. The molecule has 3 N–H and O–H groups in total. The van der Waals surface area contributed by atoms with E-state index in [4.69, 9.17) is 5.84 Å². The number of nitrogens with one attached hydrogen (secondary N) is 1. The van der Waals surface area contributed by atoms with E-state index in [0.717, 1.165) is 36.4 Å². The van der Waals surface area contributed by atoms with Crippen LogP contribution < -0.4 is 11.3 Å². The largest absolute Gasteiger partial charge is 0.271 e. The van der Waals surface area contributed by atoms with Gasteiger partial charge in [-0.2, -0.15) is 0 Å². The lowest BCUT2D eigenvalue weighted by Gasteiger charge is -2.34. The summed E-state index contributed by atoms with van der Waals surface area (Å²) in [6, 6.07) is 14.6. The van der Waals surface area contributed by atoms with E-state index in [1.54, 1.807) is 6.07 Å². The van der Waals surface area contributed by atoms with Crippen molar-refractivity contribution in [2.24, 2.45) is 23.6 Å². The van der Waals surface area contributed by atoms with Crippen LogP contribution in [0.25, 0.3) is 11.1 Å². The van der Waals surface area contributed by atoms with E-state index in [0.29, 0.717) is 29.2 Å². The third-order valence-electron chi connectivity index (χ3n) is 7.92. The molecule has 0 bridgehead atoms. The molecule has 3 heteroatoms. The van der Waals surface area contributed by atoms with Gasteiger partial charge in [0, 0.05) is 12.1 Å². The Balaban J connectivity index is 1.47. The third-order valence-corrected chi connectivity index (χ3v) is 7.92. The quantitative estimate of drug-likeness (QED) is 0.423. The van der Waals surface area contributed by atoms with E-state index in [2.05, 4.69) is 49.6 Å². The lowest BCUT2D eigenvalue weighted by molar-refractivity contribution is 0.225. The van der Waals surface area contributed by atoms with Crippen LogP contribution >= 0.6 is 0 Å². The highest BCUT2D eigenvalue weighted by atomic mass is 19.1. The van der Waals surface area contributed by atoms with Crippen LogP contribution in [-0.4, -0.2) is 6.54 Å². The number of halogens is 1. The van der Waals surface area contributed by atoms with Gasteiger partial charge in [-0.1, -0.05) is 63.1 Å². The molecule has 30 heavy (non-hydrogen) atoms. The summed E-state index contributed by atoms with van der Waals surface area (Å²) in [6.07, 6.45) is 8.61. The maximum Gasteiger partial charge on any atom is 0.131 e. The van der Waals surface area contributed by atoms with Crippen molar-refractivity contribution >= 4 is 0 Å². The fourth-order valence-corrected chi connectivity index (χ4v) is 5.70. The van der Waals surface area contributed by atoms with Gasteiger partial charge in [-0.3, -0.25) is 11.3 Å². The summed E-state index contributed by atoms with van der Waals surface area (Å²) in [5.74, 6) is 8.67. The molecule has 2 aromatic carbocycles. The highest BCUT2D eigenvalue weighted by molar-refractivity contribution is 5.65. The minimum absolute atomic E-state index is 0.0983. The molecule has 162 valence electrons. The van der Waals surface area contributed by atoms with Crippen molar-refractivity contribution in [2.75, 3.05) is 6.54 Å². The molecule has 2 fully saturated rings. The van der Waals surface area contributed by atoms with Gasteiger partial charge in [-0.15, -0.1) is 0 Å². The van der Waals surface area contributed by atoms with Gasteiger partial charge in [0.2, 0.25) is 0 Å². The number of hydrogen-bond donors (Lipinski definition) is 2. The summed E-state index contributed by atoms with van der Waals surface area (Å²) in [6.45, 7) is 5.50. The molecule has 2 aromatic rings. The van der Waals surface area contributed by atoms with E-state index in [1.807, 2.05) is 6.07 Å². The summed E-state index contributed by atoms with van der Waals surface area (Å²) >= 11 is 0. The Morgan fingerprint density at radius 3 is 2.20 bits per heavy atom. The van der Waals surface area contributed by atoms with Gasteiger partial charge in [0.25, 0.3) is 0 Å². The molecule has 3 atom stereocenters. The molecule has 2 aliphatic carbocycles. The monoisotopic (exact) mass is 408 g/mol. The van der Waals surface area contributed by atoms with Crippen molar-refractivity contribution in [2.45, 2.75) is 70.6 Å². The van der Waals surface area contributed by atoms with Crippen LogP contribution in [0.1, 0.15) is 81.8 Å². The first-order valence-electron chi connectivity index (χ1n) is 11.9. The van der Waals surface area contributed by atoms with Crippen LogP contribution in [0.5, 0.6) is 0 Å². The molecule has 0 aliphatic heterocycles. The average Bonchev–Trinajstić information content (AvgIpc) is 2.76. The van der Waals surface area contributed by atoms with E-state index >= 15 is 4.39 Å². The fourth-order valence-electron chi connectivity index (χ4n) is 5.70. The Bertz CT molecular complexity index is 823. The highest BCUT2D eigenvalue weighted by Gasteiger charge is 2.28. The standard InChI is InChI=1S/C27H37FN2/c1-18-3-6-20(7-4-18)21-9-11-22(12-10-21)26-14-13-24(16-27(26)28)23-8-5-19(2)25(15-23)17-30-29/h9-14,16,18-20,23,25,30H,3-8,15,17,29H2,1-2H3. The van der Waals surface area contributed by atoms with Crippen LogP contribution in [0.4, 0.5) is 4.39 Å². The number of rotatable bonds is 5. The normalized spacial score (nSPS) is 29.7. The van der Waals surface area contributed by atoms with Crippen molar-refractivity contribution in [3.05, 3.63) is 59.4 Å². The smallest absolute Gasteiger partial charge is 0.131 e. The Hall–Kier alpha value is -1.71. The summed E-state index contributed by atoms with van der Waals surface area (Å²) in [5.41, 5.74) is 7.09. The minimum Gasteiger partial charge on any atom is -0.271 e. The maximum absolute atomic E-state index is 15.1. The zero-order valence-corrected chi connectivity index (χ0v) is 18.5. The number of hydrogen-bond acceptors (Lipinski definition) is 2. The zero-order chi connectivity index (χ0) is 21.1. The predicted molar refractivity (Wildman–Crippen MR) is 124 cm³/mol. The Morgan fingerprint density at radius 2 is 1.53 bits per heavy atom. The fraction of sp³-hybridized carbons (Fsp3) is 0.556. The topological polar surface area (TPSA) is 38.0 Å². The Labute approximate surface area is 181 Å². The van der Waals surface area contributed by atoms with Crippen LogP contribution in [0.15, 0.2) is 42.5 Å². The second kappa shape index (κ2) is 9.62. The van der Waals surface area contributed by atoms with Gasteiger partial charge in [-0.05, 0) is 84.5 Å². The van der Waals surface area contributed by atoms with Gasteiger partial charge in [0.15, 0.2) is 0 Å². The van der Waals surface area contributed by atoms with Crippen LogP contribution in [0.2, 0.25) is 0 Å². The van der Waals surface area contributed by atoms with E-state index < -0.39 is 0 Å². The van der Waals surface area contributed by atoms with Gasteiger partial charge in [0.05, 0.1) is 0 Å². The van der Waals surface area contributed by atoms with Gasteiger partial charge in [0.1, 0.15) is 5.82 Å². The minimum atomic E-state index is -0.0983. The van der Waals surface area contributed by atoms with Crippen molar-refractivity contribution in [3.8, 4) is 11.1 Å². The molecule has 3 unspecified atom stereocenters. The summed E-state index contributed by atoms with van der Waals surface area (Å²) < 4.78 is 15.1. The highest BCUT2D eigenvalue weighted by Crippen LogP contribution is 2.40. The molecule has 0 heterocycles. The van der Waals surface area contributed by atoms with Gasteiger partial charge in [-0.25, -0.2) is 4.39 Å². The second-order valence-electron chi connectivity index (χ2n) is 9.97. The Morgan fingerprint density at radius 1 is 0.867 bits per heavy atom. The third kappa shape index (κ3) is 4.78. The maximum atomic E-state index is 15.1. The first-order valence-corrected chi connectivity index (χ1v) is 11.9. The lowest BCUT2D eigenvalue weighted by atomic mass is 9.72. The van der Waals surface area contributed by atoms with Gasteiger partial charge < -0.3 is 0 Å². The first-order chi connectivity index (χ1) is 14.5. The van der Waals surface area contributed by atoms with E-state index in [9.17, 15) is 0 Å².